The van der Waals surface area contributed by atoms with Crippen LogP contribution in [0.25, 0.3) is 22.6 Å². The molecule has 1 N–H and O–H groups in total. The van der Waals surface area contributed by atoms with Gasteiger partial charge in [0, 0.05) is 43.7 Å². The molecule has 0 radical (unpaired) electrons. The van der Waals surface area contributed by atoms with E-state index in [-0.39, 0.29) is 11.8 Å². The molecule has 174 valence electrons. The van der Waals surface area contributed by atoms with Gasteiger partial charge in [-0.25, -0.2) is 14.2 Å². The molecule has 3 aromatic heterocycles. The zero-order chi connectivity index (χ0) is 24.5. The highest BCUT2D eigenvalue weighted by Crippen LogP contribution is 2.26. The van der Waals surface area contributed by atoms with Crippen molar-refractivity contribution >= 4 is 23.3 Å². The normalized spacial score (nSPS) is 10.9. The quantitative estimate of drug-likeness (QED) is 0.425. The van der Waals surface area contributed by atoms with Gasteiger partial charge in [-0.05, 0) is 37.3 Å². The summed E-state index contributed by atoms with van der Waals surface area (Å²) in [7, 11) is 3.43. The summed E-state index contributed by atoms with van der Waals surface area (Å²) in [6.07, 6.45) is 4.84. The second kappa shape index (κ2) is 8.86. The molecule has 5 rings (SSSR count). The lowest BCUT2D eigenvalue weighted by Gasteiger charge is -2.10. The van der Waals surface area contributed by atoms with Crippen molar-refractivity contribution in [1.82, 2.24) is 29.3 Å². The number of anilines is 1. The first-order chi connectivity index (χ1) is 16.9. The SMILES string of the molecule is Cc1ccc(-n2nc(-c3ccc(C(=O)N(C)C)cc3)cc2NC(=O)c2cnn3cccnc23)cc1. The predicted molar refractivity (Wildman–Crippen MR) is 133 cm³/mol. The first kappa shape index (κ1) is 22.0. The number of fused-ring (bicyclic) bond motifs is 1. The number of aromatic nitrogens is 5. The molecular weight excluding hydrogens is 442 g/mol. The average molecular weight is 466 g/mol. The minimum Gasteiger partial charge on any atom is -0.345 e. The van der Waals surface area contributed by atoms with Crippen molar-refractivity contribution in [2.45, 2.75) is 6.92 Å². The number of carbonyl (C=O) groups is 2. The van der Waals surface area contributed by atoms with Crippen molar-refractivity contribution in [2.75, 3.05) is 19.4 Å². The van der Waals surface area contributed by atoms with Gasteiger partial charge in [-0.15, -0.1) is 0 Å². The van der Waals surface area contributed by atoms with Crippen LogP contribution >= 0.6 is 0 Å². The highest BCUT2D eigenvalue weighted by atomic mass is 16.2. The Kier molecular flexibility index (Phi) is 5.58. The molecule has 0 bridgehead atoms. The molecule has 0 fully saturated rings. The Balaban J connectivity index is 1.52. The predicted octanol–water partition coefficient (Wildman–Crippen LogP) is 3.84. The van der Waals surface area contributed by atoms with E-state index in [4.69, 9.17) is 5.10 Å². The van der Waals surface area contributed by atoms with E-state index in [1.165, 1.54) is 11.1 Å². The molecule has 2 aromatic carbocycles. The third-order valence-corrected chi connectivity index (χ3v) is 5.59. The topological polar surface area (TPSA) is 97.4 Å². The number of carbonyl (C=O) groups excluding carboxylic acids is 2. The number of rotatable bonds is 5. The van der Waals surface area contributed by atoms with Gasteiger partial charge < -0.3 is 10.2 Å². The summed E-state index contributed by atoms with van der Waals surface area (Å²) in [6.45, 7) is 2.01. The van der Waals surface area contributed by atoms with Crippen LogP contribution in [0.1, 0.15) is 26.3 Å². The van der Waals surface area contributed by atoms with Crippen LogP contribution in [-0.2, 0) is 0 Å². The van der Waals surface area contributed by atoms with Gasteiger partial charge in [0.15, 0.2) is 5.65 Å². The van der Waals surface area contributed by atoms with Gasteiger partial charge in [0.2, 0.25) is 0 Å². The van der Waals surface area contributed by atoms with E-state index in [2.05, 4.69) is 15.4 Å². The van der Waals surface area contributed by atoms with Crippen molar-refractivity contribution in [3.8, 4) is 16.9 Å². The van der Waals surface area contributed by atoms with Crippen molar-refractivity contribution in [2.24, 2.45) is 0 Å². The Bertz CT molecular complexity index is 1530. The van der Waals surface area contributed by atoms with Crippen molar-refractivity contribution < 1.29 is 9.59 Å². The molecule has 0 aliphatic rings. The summed E-state index contributed by atoms with van der Waals surface area (Å²) in [5.74, 6) is 0.0831. The summed E-state index contributed by atoms with van der Waals surface area (Å²) < 4.78 is 3.23. The molecular formula is C26H23N7O2. The molecule has 0 aliphatic heterocycles. The first-order valence-corrected chi connectivity index (χ1v) is 11.0. The number of nitrogens with one attached hydrogen (secondary N) is 1. The maximum Gasteiger partial charge on any atom is 0.262 e. The number of nitrogens with zero attached hydrogens (tertiary/aromatic N) is 6. The number of aryl methyl sites for hydroxylation is 1. The lowest BCUT2D eigenvalue weighted by Crippen LogP contribution is -2.21. The van der Waals surface area contributed by atoms with Gasteiger partial charge in [-0.1, -0.05) is 29.8 Å². The minimum absolute atomic E-state index is 0.0725. The molecule has 0 unspecified atom stereocenters. The Morgan fingerprint density at radius 1 is 1.00 bits per heavy atom. The molecule has 9 heteroatoms. The zero-order valence-corrected chi connectivity index (χ0v) is 19.5. The van der Waals surface area contributed by atoms with Crippen LogP contribution in [0.5, 0.6) is 0 Å². The first-order valence-electron chi connectivity index (χ1n) is 11.0. The molecule has 0 spiro atoms. The van der Waals surface area contributed by atoms with Crippen LogP contribution in [0.15, 0.2) is 79.3 Å². The minimum atomic E-state index is -0.342. The molecule has 5 aromatic rings. The van der Waals surface area contributed by atoms with Gasteiger partial charge in [0.25, 0.3) is 11.8 Å². The van der Waals surface area contributed by atoms with Gasteiger partial charge in [-0.2, -0.15) is 10.2 Å². The number of hydrogen-bond acceptors (Lipinski definition) is 5. The van der Waals surface area contributed by atoms with E-state index in [9.17, 15) is 9.59 Å². The average Bonchev–Trinajstić information content (AvgIpc) is 3.49. The van der Waals surface area contributed by atoms with E-state index in [1.54, 1.807) is 60.0 Å². The van der Waals surface area contributed by atoms with Crippen LogP contribution in [0.4, 0.5) is 5.82 Å². The second-order valence-electron chi connectivity index (χ2n) is 8.34. The fourth-order valence-electron chi connectivity index (χ4n) is 3.71. The summed E-state index contributed by atoms with van der Waals surface area (Å²) in [5, 5.41) is 11.9. The van der Waals surface area contributed by atoms with E-state index in [1.807, 2.05) is 43.3 Å². The molecule has 2 amide bonds. The van der Waals surface area contributed by atoms with Gasteiger partial charge in [0.1, 0.15) is 11.4 Å². The fraction of sp³-hybridized carbons (Fsp3) is 0.115. The van der Waals surface area contributed by atoms with Gasteiger partial charge in [0.05, 0.1) is 17.6 Å². The van der Waals surface area contributed by atoms with Crippen molar-refractivity contribution in [1.29, 1.82) is 0 Å². The van der Waals surface area contributed by atoms with Crippen molar-refractivity contribution in [3.05, 3.63) is 95.9 Å². The number of amides is 2. The lowest BCUT2D eigenvalue weighted by atomic mass is 10.1. The lowest BCUT2D eigenvalue weighted by molar-refractivity contribution is 0.0827. The Morgan fingerprint density at radius 2 is 1.74 bits per heavy atom. The highest BCUT2D eigenvalue weighted by molar-refractivity contribution is 6.08. The highest BCUT2D eigenvalue weighted by Gasteiger charge is 2.18. The van der Waals surface area contributed by atoms with Gasteiger partial charge in [-0.3, -0.25) is 9.59 Å². The van der Waals surface area contributed by atoms with E-state index >= 15 is 0 Å². The summed E-state index contributed by atoms with van der Waals surface area (Å²) in [4.78, 5) is 31.2. The summed E-state index contributed by atoms with van der Waals surface area (Å²) in [5.41, 5.74) is 4.80. The van der Waals surface area contributed by atoms with Crippen molar-refractivity contribution in [3.63, 3.8) is 0 Å². The fourth-order valence-corrected chi connectivity index (χ4v) is 3.71. The molecule has 0 saturated carbocycles. The van der Waals surface area contributed by atoms with Crippen LogP contribution in [-0.4, -0.2) is 55.2 Å². The standard InChI is InChI=1S/C26H23N7O2/c1-17-5-11-20(12-6-17)33-23(29-25(34)21-16-28-32-14-4-13-27-24(21)32)15-22(30-33)18-7-9-19(10-8-18)26(35)31(2)3/h4-16H,1-3H3,(H,29,34). The second-order valence-corrected chi connectivity index (χ2v) is 8.34. The van der Waals surface area contributed by atoms with E-state index in [0.717, 1.165) is 16.8 Å². The molecule has 3 heterocycles. The number of benzene rings is 2. The summed E-state index contributed by atoms with van der Waals surface area (Å²) >= 11 is 0. The van der Waals surface area contributed by atoms with Gasteiger partial charge >= 0.3 is 0 Å². The molecule has 0 aliphatic carbocycles. The molecule has 35 heavy (non-hydrogen) atoms. The van der Waals surface area contributed by atoms with E-state index < -0.39 is 0 Å². The van der Waals surface area contributed by atoms with Crippen LogP contribution in [0.2, 0.25) is 0 Å². The molecule has 9 nitrogen and oxygen atoms in total. The monoisotopic (exact) mass is 465 g/mol. The Labute approximate surface area is 201 Å². The van der Waals surface area contributed by atoms with Crippen LogP contribution < -0.4 is 5.32 Å². The smallest absolute Gasteiger partial charge is 0.262 e. The van der Waals surface area contributed by atoms with Crippen LogP contribution in [0.3, 0.4) is 0 Å². The third-order valence-electron chi connectivity index (χ3n) is 5.59. The summed E-state index contributed by atoms with van der Waals surface area (Å²) in [6, 6.07) is 18.6. The largest absolute Gasteiger partial charge is 0.345 e. The Morgan fingerprint density at radius 3 is 2.46 bits per heavy atom. The maximum absolute atomic E-state index is 13.2. The molecule has 0 saturated heterocycles. The molecule has 0 atom stereocenters. The Hall–Kier alpha value is -4.79. The third kappa shape index (κ3) is 4.26. The van der Waals surface area contributed by atoms with E-state index in [0.29, 0.717) is 28.3 Å². The zero-order valence-electron chi connectivity index (χ0n) is 19.5. The van der Waals surface area contributed by atoms with Crippen LogP contribution in [0, 0.1) is 6.92 Å². The number of hydrogen-bond donors (Lipinski definition) is 1. The maximum atomic E-state index is 13.2.